The van der Waals surface area contributed by atoms with Gasteiger partial charge in [-0.1, -0.05) is 6.92 Å². The molecule has 0 fully saturated rings. The molecule has 1 N–H and O–H groups in total. The van der Waals surface area contributed by atoms with Crippen LogP contribution in [0.3, 0.4) is 0 Å². The summed E-state index contributed by atoms with van der Waals surface area (Å²) in [5.41, 5.74) is 0.953. The molecule has 2 heterocycles. The van der Waals surface area contributed by atoms with Gasteiger partial charge in [0, 0.05) is 19.8 Å². The maximum atomic E-state index is 5.68. The number of rotatable bonds is 5. The molecular weight excluding hydrogens is 256 g/mol. The lowest BCUT2D eigenvalue weighted by atomic mass is 10.2. The smallest absolute Gasteiger partial charge is 0.284 e. The first kappa shape index (κ1) is 13.0. The molecule has 0 spiro atoms. The van der Waals surface area contributed by atoms with Crippen molar-refractivity contribution in [3.05, 3.63) is 22.2 Å². The van der Waals surface area contributed by atoms with E-state index < -0.39 is 6.29 Å². The first-order valence-electron chi connectivity index (χ1n) is 5.43. The van der Waals surface area contributed by atoms with Gasteiger partial charge >= 0.3 is 0 Å². The van der Waals surface area contributed by atoms with Gasteiger partial charge in [-0.2, -0.15) is 0 Å². The second kappa shape index (κ2) is 5.47. The van der Waals surface area contributed by atoms with Crippen molar-refractivity contribution in [3.63, 3.8) is 0 Å². The van der Waals surface area contributed by atoms with E-state index in [1.165, 1.54) is 0 Å². The standard InChI is InChI=1S/C11H14N2O4S/c1-4-6-5-7(10(14-2)15-3)16-8(6)9-12-13-11(18)17-9/h5,10H,4H2,1-3H3,(H,13,18). The topological polar surface area (TPSA) is 73.4 Å². The molecule has 2 aromatic heterocycles. The quantitative estimate of drug-likeness (QED) is 0.665. The van der Waals surface area contributed by atoms with E-state index in [4.69, 9.17) is 30.5 Å². The highest BCUT2D eigenvalue weighted by molar-refractivity contribution is 7.71. The Morgan fingerprint density at radius 1 is 1.39 bits per heavy atom. The molecule has 0 radical (unpaired) electrons. The van der Waals surface area contributed by atoms with Crippen molar-refractivity contribution in [1.29, 1.82) is 0 Å². The maximum absolute atomic E-state index is 5.68. The van der Waals surface area contributed by atoms with Crippen molar-refractivity contribution in [2.75, 3.05) is 14.2 Å². The number of nitrogens with one attached hydrogen (secondary N) is 1. The Morgan fingerprint density at radius 2 is 2.11 bits per heavy atom. The number of ether oxygens (including phenoxy) is 2. The lowest BCUT2D eigenvalue weighted by Gasteiger charge is -2.09. The number of nitrogens with zero attached hydrogens (tertiary/aromatic N) is 1. The molecule has 98 valence electrons. The fourth-order valence-corrected chi connectivity index (χ4v) is 1.79. The first-order valence-corrected chi connectivity index (χ1v) is 5.84. The zero-order valence-corrected chi connectivity index (χ0v) is 11.2. The van der Waals surface area contributed by atoms with E-state index in [9.17, 15) is 0 Å². The highest BCUT2D eigenvalue weighted by atomic mass is 32.1. The Balaban J connectivity index is 2.44. The van der Waals surface area contributed by atoms with Crippen molar-refractivity contribution < 1.29 is 18.3 Å². The van der Waals surface area contributed by atoms with Gasteiger partial charge < -0.3 is 18.3 Å². The molecule has 0 saturated heterocycles. The summed E-state index contributed by atoms with van der Waals surface area (Å²) in [5, 5.41) is 6.51. The van der Waals surface area contributed by atoms with E-state index in [1.807, 2.05) is 13.0 Å². The molecule has 0 bridgehead atoms. The first-order chi connectivity index (χ1) is 8.69. The number of methoxy groups -OCH3 is 2. The normalized spacial score (nSPS) is 11.3. The summed E-state index contributed by atoms with van der Waals surface area (Å²) in [5.74, 6) is 1.43. The Morgan fingerprint density at radius 3 is 2.61 bits per heavy atom. The van der Waals surface area contributed by atoms with Crippen LogP contribution in [-0.2, 0) is 15.9 Å². The number of aromatic nitrogens is 2. The average molecular weight is 270 g/mol. The molecule has 0 aromatic carbocycles. The predicted molar refractivity (Wildman–Crippen MR) is 65.5 cm³/mol. The molecular formula is C11H14N2O4S. The number of furan rings is 1. The van der Waals surface area contributed by atoms with Crippen molar-refractivity contribution in [3.8, 4) is 11.7 Å². The third kappa shape index (κ3) is 2.38. The van der Waals surface area contributed by atoms with Crippen molar-refractivity contribution in [2.24, 2.45) is 0 Å². The van der Waals surface area contributed by atoms with E-state index in [1.54, 1.807) is 14.2 Å². The van der Waals surface area contributed by atoms with E-state index in [0.717, 1.165) is 12.0 Å². The molecule has 6 nitrogen and oxygen atoms in total. The van der Waals surface area contributed by atoms with Crippen molar-refractivity contribution >= 4 is 12.2 Å². The molecule has 0 aliphatic heterocycles. The fourth-order valence-electron chi connectivity index (χ4n) is 1.67. The zero-order chi connectivity index (χ0) is 13.1. The molecule has 2 aromatic rings. The number of hydrogen-bond acceptors (Lipinski definition) is 6. The van der Waals surface area contributed by atoms with Crippen LogP contribution in [0.1, 0.15) is 24.5 Å². The van der Waals surface area contributed by atoms with Gasteiger partial charge in [0.1, 0.15) is 0 Å². The van der Waals surface area contributed by atoms with Gasteiger partial charge in [-0.15, -0.1) is 5.10 Å². The molecule has 0 saturated carbocycles. The Labute approximate surface area is 109 Å². The van der Waals surface area contributed by atoms with Crippen LogP contribution >= 0.6 is 12.2 Å². The third-order valence-corrected chi connectivity index (χ3v) is 2.68. The average Bonchev–Trinajstić information content (AvgIpc) is 2.97. The third-order valence-electron chi connectivity index (χ3n) is 2.50. The van der Waals surface area contributed by atoms with E-state index in [0.29, 0.717) is 17.4 Å². The minimum Gasteiger partial charge on any atom is -0.450 e. The number of H-pyrrole nitrogens is 1. The number of hydrogen-bond donors (Lipinski definition) is 1. The molecule has 7 heteroatoms. The van der Waals surface area contributed by atoms with Crippen LogP contribution < -0.4 is 0 Å². The zero-order valence-electron chi connectivity index (χ0n) is 10.4. The Hall–Kier alpha value is -1.44. The van der Waals surface area contributed by atoms with Gasteiger partial charge in [-0.05, 0) is 24.7 Å². The summed E-state index contributed by atoms with van der Waals surface area (Å²) in [4.78, 5) is 0.208. The van der Waals surface area contributed by atoms with Crippen LogP contribution in [0.2, 0.25) is 0 Å². The lowest BCUT2D eigenvalue weighted by molar-refractivity contribution is -0.117. The SMILES string of the molecule is CCc1cc(C(OC)OC)oc1-c1n[nH]c(=S)o1. The molecule has 2 rings (SSSR count). The monoisotopic (exact) mass is 270 g/mol. The Kier molecular flexibility index (Phi) is 3.95. The number of aryl methyl sites for hydroxylation is 1. The van der Waals surface area contributed by atoms with Crippen LogP contribution in [-0.4, -0.2) is 24.4 Å². The molecule has 18 heavy (non-hydrogen) atoms. The van der Waals surface area contributed by atoms with Gasteiger partial charge in [-0.25, -0.2) is 5.10 Å². The summed E-state index contributed by atoms with van der Waals surface area (Å²) in [7, 11) is 3.09. The highest BCUT2D eigenvalue weighted by Gasteiger charge is 2.21. The largest absolute Gasteiger partial charge is 0.450 e. The second-order valence-corrected chi connectivity index (χ2v) is 3.95. The van der Waals surface area contributed by atoms with Gasteiger partial charge in [0.15, 0.2) is 11.5 Å². The molecule has 0 amide bonds. The summed E-state index contributed by atoms with van der Waals surface area (Å²) in [6, 6.07) is 1.86. The highest BCUT2D eigenvalue weighted by Crippen LogP contribution is 2.30. The van der Waals surface area contributed by atoms with E-state index >= 15 is 0 Å². The number of aromatic amines is 1. The lowest BCUT2D eigenvalue weighted by Crippen LogP contribution is -2.01. The van der Waals surface area contributed by atoms with Gasteiger partial charge in [0.05, 0.1) is 0 Å². The van der Waals surface area contributed by atoms with Gasteiger partial charge in [0.2, 0.25) is 6.29 Å². The minimum absolute atomic E-state index is 0.208. The predicted octanol–water partition coefficient (Wildman–Crippen LogP) is 2.85. The second-order valence-electron chi connectivity index (χ2n) is 3.58. The summed E-state index contributed by atoms with van der Waals surface area (Å²) >= 11 is 4.84. The van der Waals surface area contributed by atoms with E-state index in [2.05, 4.69) is 10.2 Å². The van der Waals surface area contributed by atoms with Crippen LogP contribution in [0.4, 0.5) is 0 Å². The molecule has 0 aliphatic carbocycles. The molecule has 0 aliphatic rings. The molecule has 0 unspecified atom stereocenters. The van der Waals surface area contributed by atoms with Crippen LogP contribution in [0, 0.1) is 4.84 Å². The van der Waals surface area contributed by atoms with Gasteiger partial charge in [0.25, 0.3) is 10.7 Å². The van der Waals surface area contributed by atoms with Gasteiger partial charge in [-0.3, -0.25) is 0 Å². The van der Waals surface area contributed by atoms with Crippen LogP contribution in [0.25, 0.3) is 11.7 Å². The summed E-state index contributed by atoms with van der Waals surface area (Å²) in [6.45, 7) is 2.01. The minimum atomic E-state index is -0.550. The fraction of sp³-hybridized carbons (Fsp3) is 0.455. The van der Waals surface area contributed by atoms with E-state index in [-0.39, 0.29) is 4.84 Å². The molecule has 0 atom stereocenters. The van der Waals surface area contributed by atoms with Crippen molar-refractivity contribution in [1.82, 2.24) is 10.2 Å². The maximum Gasteiger partial charge on any atom is 0.284 e. The van der Waals surface area contributed by atoms with Crippen LogP contribution in [0.15, 0.2) is 14.9 Å². The summed E-state index contributed by atoms with van der Waals surface area (Å²) in [6.07, 6.45) is 0.222. The van der Waals surface area contributed by atoms with Crippen molar-refractivity contribution in [2.45, 2.75) is 19.6 Å². The van der Waals surface area contributed by atoms with Crippen LogP contribution in [0.5, 0.6) is 0 Å². The summed E-state index contributed by atoms with van der Waals surface area (Å²) < 4.78 is 21.2. The Bertz CT molecular complexity index is 568.